The minimum Gasteiger partial charge on any atom is -0.491 e. The normalized spacial score (nSPS) is 23.3. The number of nitriles is 1. The number of carboxylic acid groups (broad SMARTS) is 1. The van der Waals surface area contributed by atoms with Crippen molar-refractivity contribution in [2.75, 3.05) is 32.0 Å². The third-order valence-corrected chi connectivity index (χ3v) is 7.37. The van der Waals surface area contributed by atoms with Crippen molar-refractivity contribution >= 4 is 16.1 Å². The quantitative estimate of drug-likeness (QED) is 0.642. The third-order valence-electron chi connectivity index (χ3n) is 5.55. The topological polar surface area (TPSA) is 123 Å². The van der Waals surface area contributed by atoms with Gasteiger partial charge in [-0.1, -0.05) is 0 Å². The van der Waals surface area contributed by atoms with Crippen molar-refractivity contribution < 1.29 is 23.1 Å². The fourth-order valence-corrected chi connectivity index (χ4v) is 5.21. The molecule has 2 N–H and O–H groups in total. The zero-order chi connectivity index (χ0) is 21.0. The van der Waals surface area contributed by atoms with Gasteiger partial charge < -0.3 is 15.2 Å². The van der Waals surface area contributed by atoms with Gasteiger partial charge in [0, 0.05) is 31.7 Å². The number of fused-ring (bicyclic) bond motifs is 2. The summed E-state index contributed by atoms with van der Waals surface area (Å²) >= 11 is 0. The summed E-state index contributed by atoms with van der Waals surface area (Å²) < 4.78 is 31.8. The molecule has 0 aromatic heterocycles. The number of nitrogens with zero attached hydrogens (tertiary/aromatic N) is 3. The summed E-state index contributed by atoms with van der Waals surface area (Å²) in [5.41, 5.74) is 0.522. The lowest BCUT2D eigenvalue weighted by Gasteiger charge is -2.41. The number of rotatable bonds is 8. The highest BCUT2D eigenvalue weighted by molar-refractivity contribution is 7.89. The molecular formula is C19H26N4O5S. The first-order valence-electron chi connectivity index (χ1n) is 9.68. The molecule has 2 unspecified atom stereocenters. The number of sulfonamides is 1. The first kappa shape index (κ1) is 21.4. The van der Waals surface area contributed by atoms with Crippen LogP contribution >= 0.6 is 0 Å². The van der Waals surface area contributed by atoms with Gasteiger partial charge in [0.15, 0.2) is 0 Å². The second kappa shape index (κ2) is 8.98. The fourth-order valence-electron chi connectivity index (χ4n) is 4.05. The van der Waals surface area contributed by atoms with Gasteiger partial charge in [-0.15, -0.1) is 0 Å². The molecule has 0 spiro atoms. The van der Waals surface area contributed by atoms with Gasteiger partial charge in [0.1, 0.15) is 12.4 Å². The van der Waals surface area contributed by atoms with Crippen LogP contribution < -0.4 is 10.1 Å². The van der Waals surface area contributed by atoms with Gasteiger partial charge in [0.25, 0.3) is 0 Å². The summed E-state index contributed by atoms with van der Waals surface area (Å²) in [4.78, 5) is 13.5. The van der Waals surface area contributed by atoms with E-state index in [2.05, 4.69) is 10.2 Å². The lowest BCUT2D eigenvalue weighted by atomic mass is 10.1. The molecule has 1 aromatic rings. The highest BCUT2D eigenvalue weighted by atomic mass is 32.2. The molecule has 2 bridgehead atoms. The Morgan fingerprint density at radius 1 is 1.31 bits per heavy atom. The highest BCUT2D eigenvalue weighted by Gasteiger charge is 2.43. The maximum Gasteiger partial charge on any atom is 0.405 e. The molecule has 1 amide bonds. The molecule has 2 saturated heterocycles. The minimum absolute atomic E-state index is 0.0862. The van der Waals surface area contributed by atoms with Crippen LogP contribution in [0, 0.1) is 11.3 Å². The Bertz CT molecular complexity index is 854. The average Bonchev–Trinajstić information content (AvgIpc) is 2.92. The number of nitrogens with one attached hydrogen (secondary N) is 1. The molecule has 9 nitrogen and oxygen atoms in total. The fraction of sp³-hybridized carbons (Fsp3) is 0.579. The maximum absolute atomic E-state index is 12.2. The molecule has 2 heterocycles. The molecule has 0 radical (unpaired) electrons. The van der Waals surface area contributed by atoms with E-state index < -0.39 is 22.2 Å². The van der Waals surface area contributed by atoms with Crippen LogP contribution in [-0.2, 0) is 10.0 Å². The lowest BCUT2D eigenvalue weighted by molar-refractivity contribution is 0.0876. The van der Waals surface area contributed by atoms with Gasteiger partial charge in [-0.25, -0.2) is 13.2 Å². The standard InChI is InChI=1S/C19H26N4O5S/c1-2-29(26,27)22-11-16-5-6-17(12-22)23(16)10-15(21-19(24)25)13-28-18-7-3-14(9-20)4-8-18/h3-4,7-8,15-17,21H,2,5-6,10-13H2,1H3,(H,24,25)/t15-,16?,17?/m0/s1. The summed E-state index contributed by atoms with van der Waals surface area (Å²) in [6.45, 7) is 3.14. The Kier molecular flexibility index (Phi) is 6.62. The van der Waals surface area contributed by atoms with Crippen LogP contribution in [0.3, 0.4) is 0 Å². The number of hydrogen-bond donors (Lipinski definition) is 2. The molecule has 1 aromatic carbocycles. The molecule has 29 heavy (non-hydrogen) atoms. The number of benzene rings is 1. The Morgan fingerprint density at radius 3 is 2.45 bits per heavy atom. The van der Waals surface area contributed by atoms with E-state index in [4.69, 9.17) is 10.00 Å². The van der Waals surface area contributed by atoms with E-state index in [9.17, 15) is 18.3 Å². The predicted octanol–water partition coefficient (Wildman–Crippen LogP) is 1.07. The van der Waals surface area contributed by atoms with Crippen LogP contribution in [0.5, 0.6) is 5.75 Å². The van der Waals surface area contributed by atoms with Gasteiger partial charge in [0.05, 0.1) is 23.4 Å². The average molecular weight is 423 g/mol. The predicted molar refractivity (Wildman–Crippen MR) is 106 cm³/mol. The lowest BCUT2D eigenvalue weighted by Crippen LogP contribution is -2.59. The molecule has 2 aliphatic rings. The van der Waals surface area contributed by atoms with E-state index in [1.54, 1.807) is 35.5 Å². The number of hydrogen-bond acceptors (Lipinski definition) is 6. The van der Waals surface area contributed by atoms with Crippen LogP contribution in [0.2, 0.25) is 0 Å². The highest BCUT2D eigenvalue weighted by Crippen LogP contribution is 2.31. The van der Waals surface area contributed by atoms with Crippen molar-refractivity contribution in [1.82, 2.24) is 14.5 Å². The molecule has 3 rings (SSSR count). The molecule has 158 valence electrons. The summed E-state index contributed by atoms with van der Waals surface area (Å²) in [6.07, 6.45) is 0.672. The Labute approximate surface area is 170 Å². The molecular weight excluding hydrogens is 396 g/mol. The molecule has 3 atom stereocenters. The molecule has 2 aliphatic heterocycles. The van der Waals surface area contributed by atoms with Gasteiger partial charge >= 0.3 is 6.09 Å². The van der Waals surface area contributed by atoms with Crippen LogP contribution in [0.15, 0.2) is 24.3 Å². The first-order chi connectivity index (χ1) is 13.8. The van der Waals surface area contributed by atoms with Crippen LogP contribution in [-0.4, -0.2) is 78.9 Å². The number of ether oxygens (including phenoxy) is 1. The zero-order valence-electron chi connectivity index (χ0n) is 16.3. The summed E-state index contributed by atoms with van der Waals surface area (Å²) in [7, 11) is -3.22. The molecule has 10 heteroatoms. The van der Waals surface area contributed by atoms with Gasteiger partial charge in [-0.3, -0.25) is 4.90 Å². The van der Waals surface area contributed by atoms with Gasteiger partial charge in [-0.05, 0) is 44.0 Å². The van der Waals surface area contributed by atoms with E-state index in [0.717, 1.165) is 12.8 Å². The summed E-state index contributed by atoms with van der Waals surface area (Å²) in [5.74, 6) is 0.650. The Hall–Kier alpha value is -2.35. The van der Waals surface area contributed by atoms with E-state index >= 15 is 0 Å². The first-order valence-corrected chi connectivity index (χ1v) is 11.3. The Balaban J connectivity index is 1.63. The number of piperazine rings is 1. The van der Waals surface area contributed by atoms with Gasteiger partial charge in [-0.2, -0.15) is 9.57 Å². The zero-order valence-corrected chi connectivity index (χ0v) is 17.1. The van der Waals surface area contributed by atoms with Crippen molar-refractivity contribution in [3.05, 3.63) is 29.8 Å². The van der Waals surface area contributed by atoms with E-state index in [0.29, 0.717) is 30.9 Å². The van der Waals surface area contributed by atoms with Gasteiger partial charge in [0.2, 0.25) is 10.0 Å². The monoisotopic (exact) mass is 422 g/mol. The van der Waals surface area contributed by atoms with E-state index in [-0.39, 0.29) is 24.4 Å². The molecule has 2 fully saturated rings. The van der Waals surface area contributed by atoms with Crippen molar-refractivity contribution in [2.24, 2.45) is 0 Å². The summed E-state index contributed by atoms with van der Waals surface area (Å²) in [6, 6.07) is 8.38. The second-order valence-electron chi connectivity index (χ2n) is 7.39. The van der Waals surface area contributed by atoms with Crippen LogP contribution in [0.1, 0.15) is 25.3 Å². The van der Waals surface area contributed by atoms with E-state index in [1.807, 2.05) is 6.07 Å². The largest absolute Gasteiger partial charge is 0.491 e. The summed E-state index contributed by atoms with van der Waals surface area (Å²) in [5, 5.41) is 20.6. The smallest absolute Gasteiger partial charge is 0.405 e. The van der Waals surface area contributed by atoms with Crippen molar-refractivity contribution in [1.29, 1.82) is 5.26 Å². The van der Waals surface area contributed by atoms with Crippen molar-refractivity contribution in [2.45, 2.75) is 37.9 Å². The maximum atomic E-state index is 12.2. The SMILES string of the molecule is CCS(=O)(=O)N1CC2CCC(C1)N2C[C@@H](COc1ccc(C#N)cc1)NC(=O)O. The molecule has 0 aliphatic carbocycles. The number of carbonyl (C=O) groups is 1. The molecule has 0 saturated carbocycles. The van der Waals surface area contributed by atoms with Crippen LogP contribution in [0.4, 0.5) is 4.79 Å². The minimum atomic E-state index is -3.22. The van der Waals surface area contributed by atoms with Crippen molar-refractivity contribution in [3.63, 3.8) is 0 Å². The Morgan fingerprint density at radius 2 is 1.93 bits per heavy atom. The number of amides is 1. The van der Waals surface area contributed by atoms with Crippen LogP contribution in [0.25, 0.3) is 0 Å². The van der Waals surface area contributed by atoms with E-state index in [1.165, 1.54) is 0 Å². The van der Waals surface area contributed by atoms with Crippen molar-refractivity contribution in [3.8, 4) is 11.8 Å². The second-order valence-corrected chi connectivity index (χ2v) is 9.65. The third kappa shape index (κ3) is 5.18.